The van der Waals surface area contributed by atoms with Crippen molar-refractivity contribution in [2.45, 2.75) is 0 Å². The molecule has 0 aliphatic rings. The number of benzene rings is 10. The first kappa shape index (κ1) is 28.2. The highest BCUT2D eigenvalue weighted by molar-refractivity contribution is 6.37. The maximum atomic E-state index is 2.58. The summed E-state index contributed by atoms with van der Waals surface area (Å²) in [4.78, 5) is 0. The van der Waals surface area contributed by atoms with Crippen LogP contribution in [-0.2, 0) is 0 Å². The Balaban J connectivity index is 1.32. The molecule has 0 unspecified atom stereocenters. The molecule has 0 aliphatic carbocycles. The van der Waals surface area contributed by atoms with Crippen molar-refractivity contribution in [3.63, 3.8) is 0 Å². The van der Waals surface area contributed by atoms with Gasteiger partial charge in [0.05, 0.1) is 16.7 Å². The summed E-state index contributed by atoms with van der Waals surface area (Å²) in [5.41, 5.74) is 8.64. The molecule has 236 valence electrons. The maximum Gasteiger partial charge on any atom is 0.0626 e. The Bertz CT molecular complexity index is 3110. The Morgan fingerprint density at radius 1 is 0.275 bits per heavy atom. The highest BCUT2D eigenvalue weighted by atomic mass is 15.0. The number of aromatic nitrogens is 1. The van der Waals surface area contributed by atoms with Crippen molar-refractivity contribution in [3.8, 4) is 27.9 Å². The molecule has 0 fully saturated rings. The molecular formula is C50H31N. The lowest BCUT2D eigenvalue weighted by atomic mass is 9.89. The lowest BCUT2D eigenvalue weighted by Gasteiger charge is -2.20. The average Bonchev–Trinajstić information content (AvgIpc) is 3.55. The predicted molar refractivity (Wildman–Crippen MR) is 219 cm³/mol. The molecule has 10 aromatic carbocycles. The summed E-state index contributed by atoms with van der Waals surface area (Å²) in [5, 5.41) is 15.3. The monoisotopic (exact) mass is 645 g/mol. The van der Waals surface area contributed by atoms with Crippen molar-refractivity contribution >= 4 is 75.7 Å². The van der Waals surface area contributed by atoms with Crippen LogP contribution >= 0.6 is 0 Å². The molecular weight excluding hydrogens is 615 g/mol. The van der Waals surface area contributed by atoms with Crippen molar-refractivity contribution < 1.29 is 0 Å². The third-order valence-corrected chi connectivity index (χ3v) is 10.9. The Hall–Kier alpha value is -6.70. The minimum absolute atomic E-state index is 1.22. The first-order valence-corrected chi connectivity index (χ1v) is 17.7. The molecule has 1 heteroatoms. The molecule has 0 amide bonds. The smallest absolute Gasteiger partial charge is 0.0626 e. The number of para-hydroxylation sites is 1. The summed E-state index contributed by atoms with van der Waals surface area (Å²) in [6.45, 7) is 0. The molecule has 11 rings (SSSR count). The van der Waals surface area contributed by atoms with E-state index in [1.807, 2.05) is 0 Å². The molecule has 0 atom stereocenters. The lowest BCUT2D eigenvalue weighted by molar-refractivity contribution is 1.22. The third-order valence-electron chi connectivity index (χ3n) is 10.9. The van der Waals surface area contributed by atoms with E-state index in [4.69, 9.17) is 0 Å². The Kier molecular flexibility index (Phi) is 6.02. The molecule has 0 saturated heterocycles. The fraction of sp³-hybridized carbons (Fsp3) is 0. The van der Waals surface area contributed by atoms with Gasteiger partial charge in [0, 0.05) is 32.3 Å². The van der Waals surface area contributed by atoms with Crippen LogP contribution in [0.2, 0.25) is 0 Å². The van der Waals surface area contributed by atoms with E-state index in [0.29, 0.717) is 0 Å². The molecule has 0 spiro atoms. The zero-order valence-corrected chi connectivity index (χ0v) is 27.8. The predicted octanol–water partition coefficient (Wildman–Crippen LogP) is 13.9. The summed E-state index contributed by atoms with van der Waals surface area (Å²) in [5.74, 6) is 0. The molecule has 0 bridgehead atoms. The highest BCUT2D eigenvalue weighted by Crippen LogP contribution is 2.48. The van der Waals surface area contributed by atoms with Crippen LogP contribution < -0.4 is 0 Å². The number of hydrogen-bond acceptors (Lipinski definition) is 0. The van der Waals surface area contributed by atoms with E-state index < -0.39 is 0 Å². The summed E-state index contributed by atoms with van der Waals surface area (Å²) in [6, 6.07) is 69.2. The minimum atomic E-state index is 1.22. The van der Waals surface area contributed by atoms with Crippen molar-refractivity contribution in [1.82, 2.24) is 4.57 Å². The van der Waals surface area contributed by atoms with Gasteiger partial charge in [0.1, 0.15) is 0 Å². The fourth-order valence-electron chi connectivity index (χ4n) is 8.79. The normalized spacial score (nSPS) is 11.9. The number of hydrogen-bond donors (Lipinski definition) is 0. The van der Waals surface area contributed by atoms with Crippen molar-refractivity contribution in [1.29, 1.82) is 0 Å². The van der Waals surface area contributed by atoms with Crippen LogP contribution in [0.4, 0.5) is 0 Å². The van der Waals surface area contributed by atoms with Gasteiger partial charge in [0.15, 0.2) is 0 Å². The quantitative estimate of drug-likeness (QED) is 0.133. The van der Waals surface area contributed by atoms with Crippen LogP contribution in [0.15, 0.2) is 188 Å². The van der Waals surface area contributed by atoms with Gasteiger partial charge in [-0.2, -0.15) is 0 Å². The Labute approximate surface area is 295 Å². The second kappa shape index (κ2) is 10.9. The average molecular weight is 646 g/mol. The summed E-state index contributed by atoms with van der Waals surface area (Å²) in [7, 11) is 0. The van der Waals surface area contributed by atoms with Crippen LogP contribution in [-0.4, -0.2) is 4.57 Å². The third kappa shape index (κ3) is 4.03. The van der Waals surface area contributed by atoms with Gasteiger partial charge >= 0.3 is 0 Å². The maximum absolute atomic E-state index is 2.58. The largest absolute Gasteiger partial charge is 0.307 e. The topological polar surface area (TPSA) is 4.93 Å². The number of nitrogens with zero attached hydrogens (tertiary/aromatic N) is 1. The molecule has 0 saturated carbocycles. The van der Waals surface area contributed by atoms with Gasteiger partial charge in [0.2, 0.25) is 0 Å². The van der Waals surface area contributed by atoms with Crippen LogP contribution in [0.25, 0.3) is 104 Å². The number of rotatable bonds is 3. The highest BCUT2D eigenvalue weighted by Gasteiger charge is 2.24. The van der Waals surface area contributed by atoms with E-state index in [9.17, 15) is 0 Å². The Morgan fingerprint density at radius 3 is 1.49 bits per heavy atom. The Morgan fingerprint density at radius 2 is 0.784 bits per heavy atom. The van der Waals surface area contributed by atoms with E-state index >= 15 is 0 Å². The first-order chi connectivity index (χ1) is 25.3. The van der Waals surface area contributed by atoms with Gasteiger partial charge in [0.25, 0.3) is 0 Å². The van der Waals surface area contributed by atoms with E-state index in [1.165, 1.54) is 104 Å². The van der Waals surface area contributed by atoms with Gasteiger partial charge in [-0.3, -0.25) is 0 Å². The molecule has 0 N–H and O–H groups in total. The lowest BCUT2D eigenvalue weighted by Crippen LogP contribution is -1.99. The molecule has 51 heavy (non-hydrogen) atoms. The minimum Gasteiger partial charge on any atom is -0.307 e. The molecule has 11 aromatic rings. The summed E-state index contributed by atoms with van der Waals surface area (Å²) < 4.78 is 2.58. The van der Waals surface area contributed by atoms with E-state index in [2.05, 4.69) is 193 Å². The van der Waals surface area contributed by atoms with Gasteiger partial charge in [-0.1, -0.05) is 182 Å². The second-order valence-corrected chi connectivity index (χ2v) is 13.6. The molecule has 0 aliphatic heterocycles. The van der Waals surface area contributed by atoms with Gasteiger partial charge in [-0.15, -0.1) is 0 Å². The van der Waals surface area contributed by atoms with Crippen LogP contribution in [0.3, 0.4) is 0 Å². The first-order valence-electron chi connectivity index (χ1n) is 17.7. The molecule has 1 heterocycles. The zero-order chi connectivity index (χ0) is 33.5. The van der Waals surface area contributed by atoms with Crippen LogP contribution in [0.1, 0.15) is 0 Å². The second-order valence-electron chi connectivity index (χ2n) is 13.6. The van der Waals surface area contributed by atoms with Crippen LogP contribution in [0, 0.1) is 0 Å². The summed E-state index contributed by atoms with van der Waals surface area (Å²) in [6.07, 6.45) is 0. The van der Waals surface area contributed by atoms with Gasteiger partial charge in [-0.25, -0.2) is 0 Å². The molecule has 0 radical (unpaired) electrons. The van der Waals surface area contributed by atoms with E-state index in [1.54, 1.807) is 0 Å². The van der Waals surface area contributed by atoms with Gasteiger partial charge < -0.3 is 4.57 Å². The fourth-order valence-corrected chi connectivity index (χ4v) is 8.79. The van der Waals surface area contributed by atoms with Crippen molar-refractivity contribution in [3.05, 3.63) is 188 Å². The van der Waals surface area contributed by atoms with E-state index in [0.717, 1.165) is 0 Å². The standard InChI is InChI=1S/C50H31N/c1-2-14-32(15-3-1)33-26-28-35(29-27-33)46-38-19-7-10-22-42(38)49(43-23-11-8-20-39(43)46)51-45-25-13-12-24-44(45)48-47-36-17-5-4-16-34(36)30-31-40(47)37-18-6-9-21-41(37)50(48)51/h1-31H. The van der Waals surface area contributed by atoms with Crippen LogP contribution in [0.5, 0.6) is 0 Å². The summed E-state index contributed by atoms with van der Waals surface area (Å²) >= 11 is 0. The molecule has 1 aromatic heterocycles. The SMILES string of the molecule is c1ccc(-c2ccc(-c3c4ccccc4c(-n4c5ccccc5c5c6c7ccccc7ccc6c6ccccc6c54)c4ccccc34)cc2)cc1. The van der Waals surface area contributed by atoms with Crippen molar-refractivity contribution in [2.75, 3.05) is 0 Å². The number of fused-ring (bicyclic) bond motifs is 12. The van der Waals surface area contributed by atoms with Gasteiger partial charge in [-0.05, 0) is 60.6 Å². The molecule has 1 nitrogen and oxygen atoms in total. The van der Waals surface area contributed by atoms with Crippen molar-refractivity contribution in [2.24, 2.45) is 0 Å². The zero-order valence-electron chi connectivity index (χ0n) is 27.8. The van der Waals surface area contributed by atoms with E-state index in [-0.39, 0.29) is 0 Å².